The molecule has 1 aromatic carbocycles. The molecule has 140 valence electrons. The van der Waals surface area contributed by atoms with Crippen molar-refractivity contribution in [2.75, 3.05) is 11.9 Å². The van der Waals surface area contributed by atoms with Crippen LogP contribution in [0.2, 0.25) is 0 Å². The fourth-order valence-corrected chi connectivity index (χ4v) is 4.36. The lowest BCUT2D eigenvalue weighted by molar-refractivity contribution is -0.144. The highest BCUT2D eigenvalue weighted by molar-refractivity contribution is 6.09. The van der Waals surface area contributed by atoms with Crippen LogP contribution in [0.3, 0.4) is 0 Å². The number of hydrogen-bond donors (Lipinski definition) is 1. The van der Waals surface area contributed by atoms with E-state index in [1.54, 1.807) is 0 Å². The molecule has 1 saturated carbocycles. The maximum Gasteiger partial charge on any atom is 0.244 e. The summed E-state index contributed by atoms with van der Waals surface area (Å²) in [6.07, 6.45) is 6.54. The van der Waals surface area contributed by atoms with Crippen molar-refractivity contribution in [2.45, 2.75) is 65.2 Å². The summed E-state index contributed by atoms with van der Waals surface area (Å²) >= 11 is 0. The van der Waals surface area contributed by atoms with Gasteiger partial charge in [-0.15, -0.1) is 0 Å². The normalized spacial score (nSPS) is 19.2. The summed E-state index contributed by atoms with van der Waals surface area (Å²) in [5.74, 6) is -0.640. The number of para-hydroxylation sites is 1. The standard InChI is InChI=1S/C21H28N2O3/c1-3-15-9-8-10-16(4-2)19(15)22-17(24)14-23-18(25)13-21(20(23)26)11-6-5-7-12-21/h8-10H,3-7,11-14H2,1-2H3,(H,22,24). The highest BCUT2D eigenvalue weighted by Gasteiger charge is 2.51. The molecule has 1 aliphatic heterocycles. The lowest BCUT2D eigenvalue weighted by Crippen LogP contribution is -2.41. The Kier molecular flexibility index (Phi) is 5.44. The van der Waals surface area contributed by atoms with E-state index in [0.717, 1.165) is 61.8 Å². The summed E-state index contributed by atoms with van der Waals surface area (Å²) in [5.41, 5.74) is 2.43. The van der Waals surface area contributed by atoms with Crippen LogP contribution in [-0.2, 0) is 27.2 Å². The van der Waals surface area contributed by atoms with Gasteiger partial charge in [-0.2, -0.15) is 0 Å². The highest BCUT2D eigenvalue weighted by Crippen LogP contribution is 2.45. The van der Waals surface area contributed by atoms with Crippen molar-refractivity contribution in [3.05, 3.63) is 29.3 Å². The molecular formula is C21H28N2O3. The number of carbonyl (C=O) groups is 3. The predicted octanol–water partition coefficient (Wildman–Crippen LogP) is 3.46. The summed E-state index contributed by atoms with van der Waals surface area (Å²) in [7, 11) is 0. The fourth-order valence-electron chi connectivity index (χ4n) is 4.36. The van der Waals surface area contributed by atoms with Gasteiger partial charge in [0.1, 0.15) is 6.54 Å². The lowest BCUT2D eigenvalue weighted by atomic mass is 9.73. The number of nitrogens with one attached hydrogen (secondary N) is 1. The molecule has 1 aromatic rings. The number of carbonyl (C=O) groups excluding carboxylic acids is 3. The number of imide groups is 1. The molecule has 3 amide bonds. The third-order valence-electron chi connectivity index (χ3n) is 5.87. The van der Waals surface area contributed by atoms with Crippen molar-refractivity contribution in [1.82, 2.24) is 4.90 Å². The van der Waals surface area contributed by atoms with E-state index in [1.165, 1.54) is 4.90 Å². The minimum atomic E-state index is -0.536. The molecular weight excluding hydrogens is 328 g/mol. The number of rotatable bonds is 5. The summed E-state index contributed by atoms with van der Waals surface area (Å²) in [5, 5.41) is 2.96. The summed E-state index contributed by atoms with van der Waals surface area (Å²) in [6, 6.07) is 5.99. The second-order valence-corrected chi connectivity index (χ2v) is 7.51. The maximum absolute atomic E-state index is 12.9. The van der Waals surface area contributed by atoms with Gasteiger partial charge in [0, 0.05) is 12.1 Å². The van der Waals surface area contributed by atoms with Crippen LogP contribution in [-0.4, -0.2) is 29.2 Å². The molecule has 1 saturated heterocycles. The van der Waals surface area contributed by atoms with E-state index in [0.29, 0.717) is 0 Å². The van der Waals surface area contributed by atoms with Crippen LogP contribution in [0.1, 0.15) is 63.5 Å². The quantitative estimate of drug-likeness (QED) is 0.822. The van der Waals surface area contributed by atoms with Gasteiger partial charge in [0.2, 0.25) is 17.7 Å². The predicted molar refractivity (Wildman–Crippen MR) is 101 cm³/mol. The molecule has 0 radical (unpaired) electrons. The zero-order valence-corrected chi connectivity index (χ0v) is 15.8. The van der Waals surface area contributed by atoms with Crippen molar-refractivity contribution < 1.29 is 14.4 Å². The Balaban J connectivity index is 1.73. The molecule has 1 spiro atoms. The van der Waals surface area contributed by atoms with Crippen molar-refractivity contribution >= 4 is 23.4 Å². The second-order valence-electron chi connectivity index (χ2n) is 7.51. The van der Waals surface area contributed by atoms with Gasteiger partial charge in [-0.3, -0.25) is 19.3 Å². The van der Waals surface area contributed by atoms with Crippen LogP contribution >= 0.6 is 0 Å². The van der Waals surface area contributed by atoms with Gasteiger partial charge in [0.15, 0.2) is 0 Å². The van der Waals surface area contributed by atoms with Gasteiger partial charge in [-0.1, -0.05) is 51.3 Å². The molecule has 2 fully saturated rings. The zero-order valence-electron chi connectivity index (χ0n) is 15.8. The molecule has 5 heteroatoms. The molecule has 1 N–H and O–H groups in total. The number of amides is 3. The highest BCUT2D eigenvalue weighted by atomic mass is 16.2. The Morgan fingerprint density at radius 2 is 1.69 bits per heavy atom. The van der Waals surface area contributed by atoms with Gasteiger partial charge in [-0.05, 0) is 36.8 Å². The smallest absolute Gasteiger partial charge is 0.244 e. The van der Waals surface area contributed by atoms with Gasteiger partial charge in [0.05, 0.1) is 5.41 Å². The number of nitrogens with zero attached hydrogens (tertiary/aromatic N) is 1. The van der Waals surface area contributed by atoms with E-state index in [1.807, 2.05) is 32.0 Å². The van der Waals surface area contributed by atoms with E-state index in [4.69, 9.17) is 0 Å². The van der Waals surface area contributed by atoms with Crippen molar-refractivity contribution in [3.63, 3.8) is 0 Å². The van der Waals surface area contributed by atoms with Crippen LogP contribution in [0.25, 0.3) is 0 Å². The van der Waals surface area contributed by atoms with Crippen LogP contribution in [0.15, 0.2) is 18.2 Å². The first kappa shape index (κ1) is 18.6. The molecule has 0 aromatic heterocycles. The van der Waals surface area contributed by atoms with E-state index < -0.39 is 5.41 Å². The summed E-state index contributed by atoms with van der Waals surface area (Å²) in [6.45, 7) is 3.91. The topological polar surface area (TPSA) is 66.5 Å². The third-order valence-corrected chi connectivity index (χ3v) is 5.87. The van der Waals surface area contributed by atoms with Gasteiger partial charge in [-0.25, -0.2) is 0 Å². The summed E-state index contributed by atoms with van der Waals surface area (Å²) in [4.78, 5) is 39.1. The van der Waals surface area contributed by atoms with E-state index in [2.05, 4.69) is 5.32 Å². The van der Waals surface area contributed by atoms with E-state index in [9.17, 15) is 14.4 Å². The third kappa shape index (κ3) is 3.39. The number of benzene rings is 1. The van der Waals surface area contributed by atoms with Gasteiger partial charge >= 0.3 is 0 Å². The Labute approximate surface area is 155 Å². The van der Waals surface area contributed by atoms with E-state index >= 15 is 0 Å². The average molecular weight is 356 g/mol. The van der Waals surface area contributed by atoms with Crippen LogP contribution in [0.5, 0.6) is 0 Å². The van der Waals surface area contributed by atoms with Crippen LogP contribution in [0.4, 0.5) is 5.69 Å². The SMILES string of the molecule is CCc1cccc(CC)c1NC(=O)CN1C(=O)CC2(CCCCC2)C1=O. The van der Waals surface area contributed by atoms with Crippen molar-refractivity contribution in [3.8, 4) is 0 Å². The monoisotopic (exact) mass is 356 g/mol. The molecule has 0 atom stereocenters. The summed E-state index contributed by atoms with van der Waals surface area (Å²) < 4.78 is 0. The Bertz CT molecular complexity index is 698. The Morgan fingerprint density at radius 3 is 2.27 bits per heavy atom. The van der Waals surface area contributed by atoms with Crippen LogP contribution in [0, 0.1) is 5.41 Å². The molecule has 1 aliphatic carbocycles. The fraction of sp³-hybridized carbons (Fsp3) is 0.571. The number of anilines is 1. The number of likely N-dealkylation sites (tertiary alicyclic amines) is 1. The Morgan fingerprint density at radius 1 is 1.08 bits per heavy atom. The number of aryl methyl sites for hydroxylation is 2. The molecule has 1 heterocycles. The Hall–Kier alpha value is -2.17. The minimum Gasteiger partial charge on any atom is -0.324 e. The minimum absolute atomic E-state index is 0.142. The molecule has 5 nitrogen and oxygen atoms in total. The second kappa shape index (κ2) is 7.60. The maximum atomic E-state index is 12.9. The van der Waals surface area contributed by atoms with E-state index in [-0.39, 0.29) is 30.7 Å². The molecule has 2 aliphatic rings. The molecule has 3 rings (SSSR count). The van der Waals surface area contributed by atoms with Gasteiger partial charge in [0.25, 0.3) is 0 Å². The van der Waals surface area contributed by atoms with Crippen LogP contribution < -0.4 is 5.32 Å². The zero-order chi connectivity index (χ0) is 18.7. The number of hydrogen-bond acceptors (Lipinski definition) is 3. The average Bonchev–Trinajstić information content (AvgIpc) is 2.86. The largest absolute Gasteiger partial charge is 0.324 e. The first-order valence-corrected chi connectivity index (χ1v) is 9.76. The lowest BCUT2D eigenvalue weighted by Gasteiger charge is -2.30. The van der Waals surface area contributed by atoms with Crippen molar-refractivity contribution in [1.29, 1.82) is 0 Å². The first-order valence-electron chi connectivity index (χ1n) is 9.76. The molecule has 26 heavy (non-hydrogen) atoms. The van der Waals surface area contributed by atoms with Crippen molar-refractivity contribution in [2.24, 2.45) is 5.41 Å². The van der Waals surface area contributed by atoms with Gasteiger partial charge < -0.3 is 5.32 Å². The molecule has 0 unspecified atom stereocenters. The molecule has 0 bridgehead atoms. The first-order chi connectivity index (χ1) is 12.5.